The van der Waals surface area contributed by atoms with Gasteiger partial charge in [-0.05, 0) is 25.3 Å². The lowest BCUT2D eigenvalue weighted by Gasteiger charge is -2.12. The molecule has 1 rings (SSSR count). The minimum Gasteiger partial charge on any atom is -0.395 e. The lowest BCUT2D eigenvalue weighted by molar-refractivity contribution is 0.284. The molecule has 1 unspecified atom stereocenters. The summed E-state index contributed by atoms with van der Waals surface area (Å²) in [6, 6.07) is 11.0. The maximum absolute atomic E-state index is 8.64. The van der Waals surface area contributed by atoms with E-state index in [2.05, 4.69) is 36.5 Å². The molecule has 2 N–H and O–H groups in total. The van der Waals surface area contributed by atoms with Gasteiger partial charge in [0.25, 0.3) is 0 Å². The van der Waals surface area contributed by atoms with Crippen molar-refractivity contribution >= 4 is 0 Å². The fourth-order valence-electron chi connectivity index (χ4n) is 1.44. The summed E-state index contributed by atoms with van der Waals surface area (Å²) in [6.45, 7) is 3.06. The summed E-state index contributed by atoms with van der Waals surface area (Å²) in [7, 11) is 0. The smallest absolute Gasteiger partial charge is 0.0556 e. The number of hydrogen-bond acceptors (Lipinski definition) is 2. The van der Waals surface area contributed by atoms with E-state index in [1.54, 1.807) is 0 Å². The molecule has 0 fully saturated rings. The molecule has 0 heterocycles. The molecule has 0 aromatic heterocycles. The van der Waals surface area contributed by atoms with Crippen molar-refractivity contribution in [1.29, 1.82) is 0 Å². The van der Waals surface area contributed by atoms with Crippen LogP contribution in [-0.4, -0.2) is 24.3 Å². The molecule has 0 bridgehead atoms. The van der Waals surface area contributed by atoms with E-state index in [1.807, 2.05) is 6.07 Å². The van der Waals surface area contributed by atoms with Crippen molar-refractivity contribution in [1.82, 2.24) is 5.32 Å². The van der Waals surface area contributed by atoms with Crippen LogP contribution in [0.2, 0.25) is 0 Å². The zero-order valence-electron chi connectivity index (χ0n) is 8.74. The fourth-order valence-corrected chi connectivity index (χ4v) is 1.44. The Labute approximate surface area is 86.0 Å². The van der Waals surface area contributed by atoms with Gasteiger partial charge in [0.2, 0.25) is 0 Å². The van der Waals surface area contributed by atoms with Gasteiger partial charge < -0.3 is 10.4 Å². The number of aliphatic hydroxyl groups is 1. The van der Waals surface area contributed by atoms with Crippen LogP contribution in [0.1, 0.15) is 18.9 Å². The molecule has 0 spiro atoms. The number of benzene rings is 1. The molecule has 2 nitrogen and oxygen atoms in total. The van der Waals surface area contributed by atoms with E-state index in [0.29, 0.717) is 12.6 Å². The van der Waals surface area contributed by atoms with Crippen LogP contribution in [0, 0.1) is 0 Å². The van der Waals surface area contributed by atoms with Gasteiger partial charge in [-0.15, -0.1) is 0 Å². The molecule has 0 saturated carbocycles. The van der Waals surface area contributed by atoms with Gasteiger partial charge in [-0.2, -0.15) is 0 Å². The molecule has 0 aliphatic carbocycles. The predicted octanol–water partition coefficient (Wildman–Crippen LogP) is 1.59. The summed E-state index contributed by atoms with van der Waals surface area (Å²) in [6.07, 6.45) is 2.21. The van der Waals surface area contributed by atoms with Crippen LogP contribution in [0.25, 0.3) is 0 Å². The first-order valence-corrected chi connectivity index (χ1v) is 5.21. The lowest BCUT2D eigenvalue weighted by Crippen LogP contribution is -2.29. The van der Waals surface area contributed by atoms with Gasteiger partial charge in [0.1, 0.15) is 0 Å². The maximum atomic E-state index is 8.64. The summed E-state index contributed by atoms with van der Waals surface area (Å²) in [5.41, 5.74) is 1.38. The van der Waals surface area contributed by atoms with Crippen LogP contribution >= 0.6 is 0 Å². The molecule has 14 heavy (non-hydrogen) atoms. The molecular formula is C12H19NO. The number of rotatable bonds is 6. The van der Waals surface area contributed by atoms with E-state index in [9.17, 15) is 0 Å². The average Bonchev–Trinajstić information content (AvgIpc) is 2.25. The standard InChI is InChI=1S/C12H19NO/c1-11(13-9-10-14)7-8-12-5-3-2-4-6-12/h2-6,11,13-14H,7-10H2,1H3. The SMILES string of the molecule is CC(CCc1ccccc1)NCCO. The second-order valence-corrected chi connectivity index (χ2v) is 3.60. The summed E-state index contributed by atoms with van der Waals surface area (Å²) in [5.74, 6) is 0. The molecule has 0 aliphatic heterocycles. The van der Waals surface area contributed by atoms with Crippen LogP contribution < -0.4 is 5.32 Å². The van der Waals surface area contributed by atoms with Crippen LogP contribution in [0.4, 0.5) is 0 Å². The fraction of sp³-hybridized carbons (Fsp3) is 0.500. The van der Waals surface area contributed by atoms with Crippen molar-refractivity contribution in [2.24, 2.45) is 0 Å². The first-order valence-electron chi connectivity index (χ1n) is 5.21. The first-order chi connectivity index (χ1) is 6.83. The van der Waals surface area contributed by atoms with Crippen LogP contribution in [-0.2, 0) is 6.42 Å². The predicted molar refractivity (Wildman–Crippen MR) is 59.3 cm³/mol. The summed E-state index contributed by atoms with van der Waals surface area (Å²) < 4.78 is 0. The Bertz CT molecular complexity index is 235. The monoisotopic (exact) mass is 193 g/mol. The Morgan fingerprint density at radius 1 is 1.29 bits per heavy atom. The van der Waals surface area contributed by atoms with Crippen LogP contribution in [0.5, 0.6) is 0 Å². The normalized spacial score (nSPS) is 12.7. The molecule has 1 atom stereocenters. The average molecular weight is 193 g/mol. The highest BCUT2D eigenvalue weighted by atomic mass is 16.3. The molecule has 0 aliphatic rings. The molecular weight excluding hydrogens is 174 g/mol. The Hall–Kier alpha value is -0.860. The quantitative estimate of drug-likeness (QED) is 0.719. The van der Waals surface area contributed by atoms with E-state index in [1.165, 1.54) is 5.56 Å². The molecule has 0 saturated heterocycles. The Morgan fingerprint density at radius 3 is 2.64 bits per heavy atom. The Balaban J connectivity index is 2.20. The van der Waals surface area contributed by atoms with E-state index >= 15 is 0 Å². The van der Waals surface area contributed by atoms with E-state index in [0.717, 1.165) is 12.8 Å². The third-order valence-electron chi connectivity index (χ3n) is 2.31. The minimum absolute atomic E-state index is 0.218. The summed E-state index contributed by atoms with van der Waals surface area (Å²) in [4.78, 5) is 0. The third-order valence-corrected chi connectivity index (χ3v) is 2.31. The minimum atomic E-state index is 0.218. The van der Waals surface area contributed by atoms with Gasteiger partial charge >= 0.3 is 0 Å². The summed E-state index contributed by atoms with van der Waals surface area (Å²) in [5, 5.41) is 11.9. The van der Waals surface area contributed by atoms with Crippen molar-refractivity contribution in [3.63, 3.8) is 0 Å². The maximum Gasteiger partial charge on any atom is 0.0556 e. The Kier molecular flexibility index (Phi) is 5.27. The van der Waals surface area contributed by atoms with Gasteiger partial charge in [0, 0.05) is 12.6 Å². The van der Waals surface area contributed by atoms with Gasteiger partial charge in [0.15, 0.2) is 0 Å². The number of aliphatic hydroxyl groups excluding tert-OH is 1. The van der Waals surface area contributed by atoms with Gasteiger partial charge in [-0.1, -0.05) is 30.3 Å². The molecule has 1 aromatic carbocycles. The second-order valence-electron chi connectivity index (χ2n) is 3.60. The van der Waals surface area contributed by atoms with Crippen molar-refractivity contribution in [2.45, 2.75) is 25.8 Å². The molecule has 2 heteroatoms. The van der Waals surface area contributed by atoms with E-state index in [4.69, 9.17) is 5.11 Å². The molecule has 0 amide bonds. The van der Waals surface area contributed by atoms with Crippen molar-refractivity contribution in [3.05, 3.63) is 35.9 Å². The highest BCUT2D eigenvalue weighted by Crippen LogP contribution is 2.04. The molecule has 0 radical (unpaired) electrons. The van der Waals surface area contributed by atoms with Crippen LogP contribution in [0.3, 0.4) is 0 Å². The number of aryl methyl sites for hydroxylation is 1. The summed E-state index contributed by atoms with van der Waals surface area (Å²) >= 11 is 0. The zero-order valence-corrected chi connectivity index (χ0v) is 8.74. The van der Waals surface area contributed by atoms with Crippen LogP contribution in [0.15, 0.2) is 30.3 Å². The largest absolute Gasteiger partial charge is 0.395 e. The van der Waals surface area contributed by atoms with Gasteiger partial charge in [-0.3, -0.25) is 0 Å². The highest BCUT2D eigenvalue weighted by molar-refractivity contribution is 5.14. The van der Waals surface area contributed by atoms with Gasteiger partial charge in [0.05, 0.1) is 6.61 Å². The topological polar surface area (TPSA) is 32.3 Å². The van der Waals surface area contributed by atoms with Crippen molar-refractivity contribution in [3.8, 4) is 0 Å². The molecule has 1 aromatic rings. The van der Waals surface area contributed by atoms with Crippen molar-refractivity contribution in [2.75, 3.05) is 13.2 Å². The first kappa shape index (κ1) is 11.2. The number of nitrogens with one attached hydrogen (secondary N) is 1. The molecule has 78 valence electrons. The lowest BCUT2D eigenvalue weighted by atomic mass is 10.1. The highest BCUT2D eigenvalue weighted by Gasteiger charge is 2.00. The van der Waals surface area contributed by atoms with Gasteiger partial charge in [-0.25, -0.2) is 0 Å². The number of hydrogen-bond donors (Lipinski definition) is 2. The third kappa shape index (κ3) is 4.40. The van der Waals surface area contributed by atoms with E-state index in [-0.39, 0.29) is 6.61 Å². The van der Waals surface area contributed by atoms with E-state index < -0.39 is 0 Å². The zero-order chi connectivity index (χ0) is 10.2. The second kappa shape index (κ2) is 6.57. The Morgan fingerprint density at radius 2 is 2.00 bits per heavy atom. The van der Waals surface area contributed by atoms with Crippen molar-refractivity contribution < 1.29 is 5.11 Å².